The second kappa shape index (κ2) is 7.06. The molecule has 0 saturated carbocycles. The summed E-state index contributed by atoms with van der Waals surface area (Å²) >= 11 is 0. The predicted octanol–water partition coefficient (Wildman–Crippen LogP) is 3.73. The van der Waals surface area contributed by atoms with Gasteiger partial charge in [-0.05, 0) is 57.4 Å². The summed E-state index contributed by atoms with van der Waals surface area (Å²) in [5, 5.41) is 0. The summed E-state index contributed by atoms with van der Waals surface area (Å²) < 4.78 is 0. The van der Waals surface area contributed by atoms with Crippen molar-refractivity contribution in [1.82, 2.24) is 4.90 Å². The first-order chi connectivity index (χ1) is 8.90. The Morgan fingerprint density at radius 2 is 1.53 bits per heavy atom. The molecule has 0 radical (unpaired) electrons. The number of nitrogens with two attached hydrogens (primary N) is 1. The molecule has 108 valence electrons. The van der Waals surface area contributed by atoms with E-state index in [-0.39, 0.29) is 6.04 Å². The van der Waals surface area contributed by atoms with Crippen LogP contribution >= 0.6 is 0 Å². The van der Waals surface area contributed by atoms with Crippen LogP contribution < -0.4 is 5.73 Å². The van der Waals surface area contributed by atoms with Gasteiger partial charge in [0.25, 0.3) is 0 Å². The molecule has 2 N–H and O–H groups in total. The standard InChI is InChI=1S/C17H30N2/c1-7-15(8-2)19(6)11-16(18)17-13(4)9-12(3)10-14(17)5/h9-10,15-16H,7-8,11,18H2,1-6H3. The summed E-state index contributed by atoms with van der Waals surface area (Å²) in [6.07, 6.45) is 2.37. The summed E-state index contributed by atoms with van der Waals surface area (Å²) in [5.74, 6) is 0. The molecule has 0 fully saturated rings. The van der Waals surface area contributed by atoms with E-state index < -0.39 is 0 Å². The highest BCUT2D eigenvalue weighted by Gasteiger charge is 2.17. The van der Waals surface area contributed by atoms with Crippen LogP contribution in [0.25, 0.3) is 0 Å². The molecule has 0 aliphatic rings. The van der Waals surface area contributed by atoms with Crippen molar-refractivity contribution in [2.45, 2.75) is 59.5 Å². The Morgan fingerprint density at radius 1 is 1.05 bits per heavy atom. The van der Waals surface area contributed by atoms with Gasteiger partial charge in [-0.15, -0.1) is 0 Å². The van der Waals surface area contributed by atoms with E-state index in [0.717, 1.165) is 6.54 Å². The molecule has 0 bridgehead atoms. The number of hydrogen-bond acceptors (Lipinski definition) is 2. The van der Waals surface area contributed by atoms with Crippen molar-refractivity contribution in [3.05, 3.63) is 34.4 Å². The van der Waals surface area contributed by atoms with Gasteiger partial charge >= 0.3 is 0 Å². The zero-order chi connectivity index (χ0) is 14.6. The first-order valence-electron chi connectivity index (χ1n) is 7.44. The number of aryl methyl sites for hydroxylation is 3. The molecule has 1 atom stereocenters. The van der Waals surface area contributed by atoms with Crippen molar-refractivity contribution in [3.63, 3.8) is 0 Å². The normalized spacial score (nSPS) is 13.3. The van der Waals surface area contributed by atoms with E-state index in [0.29, 0.717) is 6.04 Å². The van der Waals surface area contributed by atoms with Gasteiger partial charge in [-0.25, -0.2) is 0 Å². The van der Waals surface area contributed by atoms with E-state index in [2.05, 4.69) is 58.7 Å². The van der Waals surface area contributed by atoms with Crippen molar-refractivity contribution < 1.29 is 0 Å². The second-order valence-electron chi connectivity index (χ2n) is 5.83. The van der Waals surface area contributed by atoms with Gasteiger partial charge in [0, 0.05) is 18.6 Å². The third-order valence-corrected chi connectivity index (χ3v) is 4.16. The maximum absolute atomic E-state index is 6.45. The van der Waals surface area contributed by atoms with Crippen LogP contribution in [0.1, 0.15) is 55.0 Å². The largest absolute Gasteiger partial charge is 0.323 e. The predicted molar refractivity (Wildman–Crippen MR) is 84.6 cm³/mol. The summed E-state index contributed by atoms with van der Waals surface area (Å²) in [6.45, 7) is 11.9. The zero-order valence-corrected chi connectivity index (χ0v) is 13.5. The molecule has 0 aliphatic heterocycles. The number of likely N-dealkylation sites (N-methyl/N-ethyl adjacent to an activating group) is 1. The average Bonchev–Trinajstić information content (AvgIpc) is 2.28. The summed E-state index contributed by atoms with van der Waals surface area (Å²) in [7, 11) is 2.19. The molecule has 0 spiro atoms. The van der Waals surface area contributed by atoms with Gasteiger partial charge in [-0.3, -0.25) is 0 Å². The fraction of sp³-hybridized carbons (Fsp3) is 0.647. The SMILES string of the molecule is CCC(CC)N(C)CC(N)c1c(C)cc(C)cc1C. The highest BCUT2D eigenvalue weighted by atomic mass is 15.1. The number of benzene rings is 1. The lowest BCUT2D eigenvalue weighted by Gasteiger charge is -2.30. The van der Waals surface area contributed by atoms with Crippen LogP contribution in [0.2, 0.25) is 0 Å². The maximum Gasteiger partial charge on any atom is 0.0429 e. The fourth-order valence-corrected chi connectivity index (χ4v) is 3.24. The molecule has 1 aromatic carbocycles. The van der Waals surface area contributed by atoms with Gasteiger partial charge < -0.3 is 10.6 Å². The van der Waals surface area contributed by atoms with Gasteiger partial charge in [0.05, 0.1) is 0 Å². The Bertz CT molecular complexity index is 385. The third-order valence-electron chi connectivity index (χ3n) is 4.16. The Labute approximate surface area is 119 Å². The number of hydrogen-bond donors (Lipinski definition) is 1. The minimum Gasteiger partial charge on any atom is -0.323 e. The Morgan fingerprint density at radius 3 is 1.95 bits per heavy atom. The Hall–Kier alpha value is -0.860. The summed E-state index contributed by atoms with van der Waals surface area (Å²) in [5.41, 5.74) is 11.7. The lowest BCUT2D eigenvalue weighted by atomic mass is 9.94. The minimum atomic E-state index is 0.103. The molecule has 0 aliphatic carbocycles. The van der Waals surface area contributed by atoms with Gasteiger partial charge in [-0.2, -0.15) is 0 Å². The van der Waals surface area contributed by atoms with Gasteiger partial charge in [0.15, 0.2) is 0 Å². The van der Waals surface area contributed by atoms with Crippen LogP contribution in [0.3, 0.4) is 0 Å². The lowest BCUT2D eigenvalue weighted by molar-refractivity contribution is 0.217. The van der Waals surface area contributed by atoms with E-state index in [4.69, 9.17) is 5.73 Å². The van der Waals surface area contributed by atoms with Crippen molar-refractivity contribution in [1.29, 1.82) is 0 Å². The monoisotopic (exact) mass is 262 g/mol. The molecule has 1 aromatic rings. The van der Waals surface area contributed by atoms with Crippen LogP contribution in [0.15, 0.2) is 12.1 Å². The molecule has 19 heavy (non-hydrogen) atoms. The summed E-state index contributed by atoms with van der Waals surface area (Å²) in [4.78, 5) is 2.41. The van der Waals surface area contributed by atoms with Crippen LogP contribution in [0, 0.1) is 20.8 Å². The molecular formula is C17H30N2. The molecule has 0 heterocycles. The first-order valence-corrected chi connectivity index (χ1v) is 7.44. The highest BCUT2D eigenvalue weighted by molar-refractivity contribution is 5.39. The molecule has 0 aromatic heterocycles. The fourth-order valence-electron chi connectivity index (χ4n) is 3.24. The van der Waals surface area contributed by atoms with Gasteiger partial charge in [-0.1, -0.05) is 31.5 Å². The highest BCUT2D eigenvalue weighted by Crippen LogP contribution is 2.23. The van der Waals surface area contributed by atoms with Gasteiger partial charge in [0.1, 0.15) is 0 Å². The Balaban J connectivity index is 2.87. The van der Waals surface area contributed by atoms with E-state index in [1.54, 1.807) is 0 Å². The smallest absolute Gasteiger partial charge is 0.0429 e. The summed E-state index contributed by atoms with van der Waals surface area (Å²) in [6, 6.07) is 5.21. The van der Waals surface area contributed by atoms with Crippen molar-refractivity contribution in [2.24, 2.45) is 5.73 Å². The van der Waals surface area contributed by atoms with Crippen LogP contribution in [-0.4, -0.2) is 24.5 Å². The van der Waals surface area contributed by atoms with E-state index in [1.807, 2.05) is 0 Å². The molecule has 1 unspecified atom stereocenters. The van der Waals surface area contributed by atoms with Gasteiger partial charge in [0.2, 0.25) is 0 Å². The lowest BCUT2D eigenvalue weighted by Crippen LogP contribution is -2.37. The molecule has 2 heteroatoms. The average molecular weight is 262 g/mol. The van der Waals surface area contributed by atoms with Crippen LogP contribution in [0.5, 0.6) is 0 Å². The topological polar surface area (TPSA) is 29.3 Å². The van der Waals surface area contributed by atoms with Crippen molar-refractivity contribution in [3.8, 4) is 0 Å². The zero-order valence-electron chi connectivity index (χ0n) is 13.5. The maximum atomic E-state index is 6.45. The van der Waals surface area contributed by atoms with E-state index >= 15 is 0 Å². The molecule has 0 saturated heterocycles. The molecular weight excluding hydrogens is 232 g/mol. The number of nitrogens with zero attached hydrogens (tertiary/aromatic N) is 1. The van der Waals surface area contributed by atoms with E-state index in [1.165, 1.54) is 35.1 Å². The minimum absolute atomic E-state index is 0.103. The van der Waals surface area contributed by atoms with Crippen molar-refractivity contribution >= 4 is 0 Å². The first kappa shape index (κ1) is 16.2. The molecule has 2 nitrogen and oxygen atoms in total. The Kier molecular flexibility index (Phi) is 6.02. The van der Waals surface area contributed by atoms with Crippen LogP contribution in [0.4, 0.5) is 0 Å². The second-order valence-corrected chi connectivity index (χ2v) is 5.83. The quantitative estimate of drug-likeness (QED) is 0.846. The third kappa shape index (κ3) is 4.05. The van der Waals surface area contributed by atoms with Crippen molar-refractivity contribution in [2.75, 3.05) is 13.6 Å². The molecule has 1 rings (SSSR count). The number of rotatable bonds is 6. The van der Waals surface area contributed by atoms with E-state index in [9.17, 15) is 0 Å². The van der Waals surface area contributed by atoms with Crippen LogP contribution in [-0.2, 0) is 0 Å². The molecule has 0 amide bonds.